The average Bonchev–Trinajstić information content (AvgIpc) is 4.17. The van der Waals surface area contributed by atoms with Gasteiger partial charge in [-0.1, -0.05) is 27.7 Å². The largest absolute Gasteiger partial charge is 0.491 e. The molecule has 0 radical (unpaired) electrons. The number of rotatable bonds is 7. The third-order valence-corrected chi connectivity index (χ3v) is 16.9. The van der Waals surface area contributed by atoms with Gasteiger partial charge in [-0.15, -0.1) is 0 Å². The smallest absolute Gasteiger partial charge is 0.410 e. The quantitative estimate of drug-likeness (QED) is 0.181. The van der Waals surface area contributed by atoms with Crippen LogP contribution >= 0.6 is 0 Å². The molecule has 3 aromatic heterocycles. The van der Waals surface area contributed by atoms with Crippen LogP contribution in [0.25, 0.3) is 33.5 Å². The molecule has 10 rings (SSSR count). The van der Waals surface area contributed by atoms with E-state index in [2.05, 4.69) is 58.0 Å². The van der Waals surface area contributed by atoms with Crippen molar-refractivity contribution in [2.24, 2.45) is 17.3 Å². The van der Waals surface area contributed by atoms with E-state index in [0.29, 0.717) is 67.4 Å². The van der Waals surface area contributed by atoms with Gasteiger partial charge in [0.2, 0.25) is 11.8 Å². The molecule has 426 valence electrons. The van der Waals surface area contributed by atoms with Crippen molar-refractivity contribution in [1.29, 1.82) is 0 Å². The Kier molecular flexibility index (Phi) is 15.8. The van der Waals surface area contributed by atoms with E-state index in [1.54, 1.807) is 39.8 Å². The lowest BCUT2D eigenvalue weighted by Gasteiger charge is -2.37. The van der Waals surface area contributed by atoms with Gasteiger partial charge in [0, 0.05) is 94.5 Å². The molecule has 1 aliphatic carbocycles. The zero-order valence-corrected chi connectivity index (χ0v) is 48.2. The van der Waals surface area contributed by atoms with Gasteiger partial charge in [0.05, 0.1) is 64.7 Å². The second-order valence-electron chi connectivity index (χ2n) is 24.9. The number of methoxy groups -OCH3 is 1. The van der Waals surface area contributed by atoms with Crippen molar-refractivity contribution < 1.29 is 42.9 Å². The van der Waals surface area contributed by atoms with Crippen molar-refractivity contribution in [3.63, 3.8) is 0 Å². The Morgan fingerprint density at radius 2 is 1.67 bits per heavy atom. The number of fused-ring (bicyclic) bond motifs is 8. The Morgan fingerprint density at radius 3 is 2.37 bits per heavy atom. The minimum atomic E-state index is -1.14. The monoisotopic (exact) mass is 1090 g/mol. The van der Waals surface area contributed by atoms with Crippen LogP contribution in [0.5, 0.6) is 5.75 Å². The molecule has 1 aromatic carbocycles. The molecule has 8 bridgehead atoms. The van der Waals surface area contributed by atoms with Crippen LogP contribution in [-0.2, 0) is 52.8 Å². The first-order valence-electron chi connectivity index (χ1n) is 28.7. The van der Waals surface area contributed by atoms with Gasteiger partial charge in [-0.25, -0.2) is 15.2 Å². The molecule has 6 aliphatic rings. The number of aryl methyl sites for hydroxylation is 1. The zero-order chi connectivity index (χ0) is 56.2. The first-order valence-corrected chi connectivity index (χ1v) is 28.7. The summed E-state index contributed by atoms with van der Waals surface area (Å²) in [5.74, 6) is -2.40. The van der Waals surface area contributed by atoms with E-state index in [4.69, 9.17) is 28.9 Å². The number of amides is 4. The fourth-order valence-electron chi connectivity index (χ4n) is 12.6. The zero-order valence-electron chi connectivity index (χ0n) is 48.2. The van der Waals surface area contributed by atoms with Crippen LogP contribution in [0.1, 0.15) is 117 Å². The maximum Gasteiger partial charge on any atom is 0.410 e. The van der Waals surface area contributed by atoms with Crippen LogP contribution in [0.2, 0.25) is 0 Å². The predicted molar refractivity (Wildman–Crippen MR) is 300 cm³/mol. The predicted octanol–water partition coefficient (Wildman–Crippen LogP) is 6.93. The Balaban J connectivity index is 1.15. The molecule has 19 nitrogen and oxygen atoms in total. The topological polar surface area (TPSA) is 193 Å². The summed E-state index contributed by atoms with van der Waals surface area (Å²) >= 11 is 0. The first kappa shape index (κ1) is 56.0. The minimum Gasteiger partial charge on any atom is -0.491 e. The van der Waals surface area contributed by atoms with Crippen molar-refractivity contribution in [2.45, 2.75) is 156 Å². The molecule has 6 atom stereocenters. The lowest BCUT2D eigenvalue weighted by atomic mass is 9.85. The number of esters is 1. The molecular weight excluding hydrogens is 1000 g/mol. The maximum atomic E-state index is 15.0. The van der Waals surface area contributed by atoms with Gasteiger partial charge in [0.15, 0.2) is 0 Å². The second-order valence-corrected chi connectivity index (χ2v) is 24.9. The fourth-order valence-corrected chi connectivity index (χ4v) is 12.6. The highest BCUT2D eigenvalue weighted by Gasteiger charge is 2.47. The standard InChI is InChI=1S/C60H82N10O9/c1-12-68-48-18-17-45-38-26-37-27-41(29-38)77-33-49-42(19-21-69(49)58(75)79-59(5,6)7)55(72)65(10)52(35(2)3)54(71)63-47(28-37)56(73)70-20-13-14-46(64-70)57(74)78-34-60(8,9)31-44(51(48)62-45)53(68)43-30-40(32-61-50(43)36(4)76-11)67-24-22-66(23-25-67)39-15-16-39/h17-18,26-27,29-30,32,35-36,39,42,46-47,49,52,64H,12-16,19-25,28,31,33-34H2,1-11H3,(H,63,71)/t36-,42-,46-,47-,49+,52-/m0/s1. The summed E-state index contributed by atoms with van der Waals surface area (Å²) < 4.78 is 27.3. The van der Waals surface area contributed by atoms with Crippen LogP contribution in [-0.4, -0.2) is 166 Å². The number of hydrazine groups is 1. The number of cyclic esters (lactones) is 1. The highest BCUT2D eigenvalue weighted by atomic mass is 16.6. The molecule has 79 heavy (non-hydrogen) atoms. The van der Waals surface area contributed by atoms with E-state index in [1.807, 2.05) is 51.2 Å². The summed E-state index contributed by atoms with van der Waals surface area (Å²) in [6, 6.07) is 9.18. The number of hydrogen-bond acceptors (Lipinski definition) is 14. The number of piperazine rings is 1. The molecule has 4 aromatic rings. The van der Waals surface area contributed by atoms with E-state index in [-0.39, 0.29) is 44.1 Å². The van der Waals surface area contributed by atoms with Crippen LogP contribution in [0.4, 0.5) is 10.5 Å². The maximum absolute atomic E-state index is 15.0. The lowest BCUT2D eigenvalue weighted by Crippen LogP contribution is -2.62. The number of nitrogens with zero attached hydrogens (tertiary/aromatic N) is 8. The SMILES string of the molecule is CCn1c(-c2cc(N3CCN(C4CC4)CC3)cnc2[C@H](C)OC)c2c3nc(ccc31)-c1cc3cc(c1)OC[C@@H]1[C@H](CCN1C(=O)OC(C)(C)C)C(=O)N(C)[C@@H](C(C)C)C(=O)N[C@@H](C3)C(=O)N1CCC[C@H](N1)C(=O)OCC(C)(C)C2. The Labute approximate surface area is 465 Å². The van der Waals surface area contributed by atoms with Gasteiger partial charge >= 0.3 is 12.1 Å². The number of likely N-dealkylation sites (N-methyl/N-ethyl adjacent to an activating group) is 1. The molecule has 1 saturated carbocycles. The Morgan fingerprint density at radius 1 is 0.911 bits per heavy atom. The molecule has 0 spiro atoms. The second kappa shape index (κ2) is 22.3. The van der Waals surface area contributed by atoms with Gasteiger partial charge in [0.1, 0.15) is 36.1 Å². The van der Waals surface area contributed by atoms with Crippen molar-refractivity contribution in [3.8, 4) is 28.3 Å². The van der Waals surface area contributed by atoms with Crippen molar-refractivity contribution in [1.82, 2.24) is 45.0 Å². The summed E-state index contributed by atoms with van der Waals surface area (Å²) in [5, 5.41) is 4.52. The van der Waals surface area contributed by atoms with E-state index in [0.717, 1.165) is 65.4 Å². The number of anilines is 1. The Bertz CT molecular complexity index is 2970. The number of carbonyl (C=O) groups is 5. The van der Waals surface area contributed by atoms with Gasteiger partial charge < -0.3 is 43.5 Å². The van der Waals surface area contributed by atoms with Gasteiger partial charge in [-0.3, -0.25) is 34.1 Å². The third kappa shape index (κ3) is 11.7. The molecular formula is C60H82N10O9. The summed E-state index contributed by atoms with van der Waals surface area (Å²) in [6.45, 7) is 22.5. The highest BCUT2D eigenvalue weighted by molar-refractivity contribution is 5.94. The summed E-state index contributed by atoms with van der Waals surface area (Å²) in [5.41, 5.74) is 10.2. The van der Waals surface area contributed by atoms with E-state index in [9.17, 15) is 19.2 Å². The number of hydrogen-bond donors (Lipinski definition) is 2. The first-order chi connectivity index (χ1) is 37.6. The average molecular weight is 1090 g/mol. The van der Waals surface area contributed by atoms with E-state index >= 15 is 4.79 Å². The molecule has 4 amide bonds. The van der Waals surface area contributed by atoms with Crippen LogP contribution in [0.15, 0.2) is 42.6 Å². The third-order valence-electron chi connectivity index (χ3n) is 16.9. The van der Waals surface area contributed by atoms with Gasteiger partial charge in [-0.05, 0) is 121 Å². The van der Waals surface area contributed by atoms with Crippen molar-refractivity contribution in [3.05, 3.63) is 59.4 Å². The molecule has 2 N–H and O–H groups in total. The number of likely N-dealkylation sites (tertiary alicyclic amines) is 1. The van der Waals surface area contributed by atoms with E-state index in [1.165, 1.54) is 22.8 Å². The van der Waals surface area contributed by atoms with Gasteiger partial charge in [-0.2, -0.15) is 0 Å². The molecule has 5 aliphatic heterocycles. The highest BCUT2D eigenvalue weighted by Crippen LogP contribution is 2.43. The summed E-state index contributed by atoms with van der Waals surface area (Å²) in [7, 11) is 3.31. The van der Waals surface area contributed by atoms with Crippen molar-refractivity contribution in [2.75, 3.05) is 71.5 Å². The fraction of sp³-hybridized carbons (Fsp3) is 0.617. The number of carbonyl (C=O) groups excluding carboxylic acids is 5. The number of pyridine rings is 2. The van der Waals surface area contributed by atoms with Crippen LogP contribution in [0, 0.1) is 17.3 Å². The molecule has 19 heteroatoms. The van der Waals surface area contributed by atoms with Gasteiger partial charge in [0.25, 0.3) is 5.91 Å². The number of aromatic nitrogens is 3. The summed E-state index contributed by atoms with van der Waals surface area (Å²) in [4.78, 5) is 91.7. The van der Waals surface area contributed by atoms with Crippen LogP contribution in [0.3, 0.4) is 0 Å². The molecule has 3 saturated heterocycles. The number of ether oxygens (including phenoxy) is 4. The summed E-state index contributed by atoms with van der Waals surface area (Å²) in [6.07, 6.45) is 5.43. The number of nitrogens with one attached hydrogen (secondary N) is 2. The lowest BCUT2D eigenvalue weighted by molar-refractivity contribution is -0.155. The Hall–Kier alpha value is -6.31. The molecule has 8 heterocycles. The molecule has 0 unspecified atom stereocenters. The van der Waals surface area contributed by atoms with Crippen molar-refractivity contribution >= 4 is 46.5 Å². The minimum absolute atomic E-state index is 0.0259. The van der Waals surface area contributed by atoms with E-state index < -0.39 is 65.0 Å². The number of benzene rings is 1. The normalized spacial score (nSPS) is 25.0. The van der Waals surface area contributed by atoms with Crippen LogP contribution < -0.4 is 20.4 Å². The molecule has 4 fully saturated rings.